The minimum atomic E-state index is -0.103. The second-order valence-corrected chi connectivity index (χ2v) is 4.87. The van der Waals surface area contributed by atoms with Gasteiger partial charge >= 0.3 is 0 Å². The van der Waals surface area contributed by atoms with E-state index in [4.69, 9.17) is 5.73 Å². The topological polar surface area (TPSA) is 55.1 Å². The van der Waals surface area contributed by atoms with Gasteiger partial charge in [-0.1, -0.05) is 26.8 Å². The van der Waals surface area contributed by atoms with Crippen molar-refractivity contribution in [2.45, 2.75) is 52.5 Å². The molecule has 0 atom stereocenters. The lowest BCUT2D eigenvalue weighted by atomic mass is 9.89. The molecule has 1 aromatic carbocycles. The van der Waals surface area contributed by atoms with Crippen molar-refractivity contribution in [1.29, 1.82) is 0 Å². The lowest BCUT2D eigenvalue weighted by Crippen LogP contribution is -2.47. The third-order valence-electron chi connectivity index (χ3n) is 3.92. The molecule has 0 bridgehead atoms. The van der Waals surface area contributed by atoms with Crippen LogP contribution in [0.1, 0.15) is 56.0 Å². The van der Waals surface area contributed by atoms with E-state index in [-0.39, 0.29) is 23.9 Å². The number of carbonyl (C=O) groups excluding carboxylic acids is 1. The van der Waals surface area contributed by atoms with E-state index in [0.29, 0.717) is 11.3 Å². The molecule has 0 radical (unpaired) electrons. The van der Waals surface area contributed by atoms with Crippen LogP contribution in [0.25, 0.3) is 0 Å². The van der Waals surface area contributed by atoms with Gasteiger partial charge in [0.15, 0.2) is 0 Å². The number of nitrogens with two attached hydrogens (primary N) is 1. The summed E-state index contributed by atoms with van der Waals surface area (Å²) >= 11 is 0. The van der Waals surface area contributed by atoms with E-state index in [9.17, 15) is 4.79 Å². The molecule has 0 fully saturated rings. The Morgan fingerprint density at radius 2 is 1.74 bits per heavy atom. The van der Waals surface area contributed by atoms with Gasteiger partial charge in [-0.15, -0.1) is 12.4 Å². The minimum Gasteiger partial charge on any atom is -0.399 e. The zero-order valence-electron chi connectivity index (χ0n) is 12.2. The largest absolute Gasteiger partial charge is 0.399 e. The first-order valence-electron chi connectivity index (χ1n) is 6.66. The summed E-state index contributed by atoms with van der Waals surface area (Å²) < 4.78 is 0. The number of halogens is 1. The summed E-state index contributed by atoms with van der Waals surface area (Å²) in [6.07, 6.45) is 2.81. The highest BCUT2D eigenvalue weighted by Gasteiger charge is 2.26. The van der Waals surface area contributed by atoms with Crippen LogP contribution >= 0.6 is 12.4 Å². The van der Waals surface area contributed by atoms with Gasteiger partial charge < -0.3 is 11.1 Å². The van der Waals surface area contributed by atoms with Gasteiger partial charge in [0.2, 0.25) is 0 Å². The number of hydrogen-bond acceptors (Lipinski definition) is 2. The van der Waals surface area contributed by atoms with Crippen LogP contribution in [-0.2, 0) is 0 Å². The molecular weight excluding hydrogens is 260 g/mol. The monoisotopic (exact) mass is 284 g/mol. The highest BCUT2D eigenvalue weighted by atomic mass is 35.5. The quantitative estimate of drug-likeness (QED) is 0.810. The van der Waals surface area contributed by atoms with E-state index in [1.165, 1.54) is 0 Å². The molecular formula is C15H25ClN2O. The van der Waals surface area contributed by atoms with Crippen LogP contribution in [0.3, 0.4) is 0 Å². The van der Waals surface area contributed by atoms with E-state index in [1.807, 2.05) is 19.1 Å². The van der Waals surface area contributed by atoms with Crippen LogP contribution in [0.5, 0.6) is 0 Å². The van der Waals surface area contributed by atoms with Crippen molar-refractivity contribution in [2.24, 2.45) is 0 Å². The normalized spacial score (nSPS) is 10.7. The molecule has 0 saturated heterocycles. The number of nitrogens with one attached hydrogen (secondary N) is 1. The second-order valence-electron chi connectivity index (χ2n) is 4.87. The lowest BCUT2D eigenvalue weighted by molar-refractivity contribution is 0.0887. The van der Waals surface area contributed by atoms with E-state index < -0.39 is 0 Å². The van der Waals surface area contributed by atoms with Crippen LogP contribution in [0, 0.1) is 6.92 Å². The van der Waals surface area contributed by atoms with Crippen molar-refractivity contribution >= 4 is 24.0 Å². The SMILES string of the molecule is CCC(CC)(CC)NC(=O)c1cc(N)ccc1C.Cl. The van der Waals surface area contributed by atoms with E-state index in [2.05, 4.69) is 26.1 Å². The van der Waals surface area contributed by atoms with Crippen molar-refractivity contribution < 1.29 is 4.79 Å². The van der Waals surface area contributed by atoms with Crippen LogP contribution < -0.4 is 11.1 Å². The molecule has 0 spiro atoms. The Balaban J connectivity index is 0.00000324. The van der Waals surface area contributed by atoms with Gasteiger partial charge in [-0.3, -0.25) is 4.79 Å². The average molecular weight is 285 g/mol. The third kappa shape index (κ3) is 4.13. The van der Waals surface area contributed by atoms with Crippen molar-refractivity contribution in [2.75, 3.05) is 5.73 Å². The smallest absolute Gasteiger partial charge is 0.252 e. The number of carbonyl (C=O) groups is 1. The fourth-order valence-corrected chi connectivity index (χ4v) is 2.21. The van der Waals surface area contributed by atoms with Gasteiger partial charge in [0, 0.05) is 16.8 Å². The molecule has 108 valence electrons. The van der Waals surface area contributed by atoms with Crippen LogP contribution in [0.15, 0.2) is 18.2 Å². The third-order valence-corrected chi connectivity index (χ3v) is 3.92. The summed E-state index contributed by atoms with van der Waals surface area (Å²) in [7, 11) is 0. The molecule has 19 heavy (non-hydrogen) atoms. The number of benzene rings is 1. The molecule has 4 heteroatoms. The standard InChI is InChI=1S/C15H24N2O.ClH/c1-5-15(6-2,7-3)17-14(18)13-10-12(16)9-8-11(13)4;/h8-10H,5-7,16H2,1-4H3,(H,17,18);1H. The Labute approximate surface area is 122 Å². The molecule has 1 rings (SSSR count). The average Bonchev–Trinajstić information content (AvgIpc) is 2.38. The number of nitrogen functional groups attached to an aromatic ring is 1. The summed E-state index contributed by atoms with van der Waals surface area (Å²) in [5.74, 6) is -0.0228. The van der Waals surface area contributed by atoms with E-state index >= 15 is 0 Å². The maximum atomic E-state index is 12.3. The van der Waals surface area contributed by atoms with Gasteiger partial charge in [0.05, 0.1) is 0 Å². The van der Waals surface area contributed by atoms with Gasteiger partial charge in [0.25, 0.3) is 5.91 Å². The molecule has 0 aliphatic heterocycles. The molecule has 1 aromatic rings. The first-order chi connectivity index (χ1) is 8.48. The number of rotatable bonds is 5. The Morgan fingerprint density at radius 3 is 2.21 bits per heavy atom. The highest BCUT2D eigenvalue weighted by Crippen LogP contribution is 2.21. The van der Waals surface area contributed by atoms with Crippen LogP contribution in [0.2, 0.25) is 0 Å². The molecule has 3 nitrogen and oxygen atoms in total. The fraction of sp³-hybridized carbons (Fsp3) is 0.533. The minimum absolute atomic E-state index is 0. The molecule has 0 saturated carbocycles. The molecule has 0 heterocycles. The van der Waals surface area contributed by atoms with Crippen molar-refractivity contribution in [3.8, 4) is 0 Å². The number of amides is 1. The number of aryl methyl sites for hydroxylation is 1. The molecule has 3 N–H and O–H groups in total. The molecule has 0 aliphatic rings. The Bertz CT molecular complexity index is 420. The van der Waals surface area contributed by atoms with Gasteiger partial charge in [-0.05, 0) is 43.9 Å². The number of anilines is 1. The van der Waals surface area contributed by atoms with Crippen LogP contribution in [0.4, 0.5) is 5.69 Å². The first-order valence-corrected chi connectivity index (χ1v) is 6.66. The number of hydrogen-bond donors (Lipinski definition) is 2. The highest BCUT2D eigenvalue weighted by molar-refractivity contribution is 5.96. The summed E-state index contributed by atoms with van der Waals surface area (Å²) in [5.41, 5.74) is 7.90. The second kappa shape index (κ2) is 7.39. The van der Waals surface area contributed by atoms with Crippen molar-refractivity contribution in [3.05, 3.63) is 29.3 Å². The zero-order valence-corrected chi connectivity index (χ0v) is 13.1. The zero-order chi connectivity index (χ0) is 13.8. The van der Waals surface area contributed by atoms with Gasteiger partial charge in [-0.2, -0.15) is 0 Å². The Hall–Kier alpha value is -1.22. The first kappa shape index (κ1) is 17.8. The Morgan fingerprint density at radius 1 is 1.21 bits per heavy atom. The molecule has 0 aliphatic carbocycles. The molecule has 1 amide bonds. The molecule has 0 unspecified atom stereocenters. The molecule has 0 aromatic heterocycles. The fourth-order valence-electron chi connectivity index (χ4n) is 2.21. The lowest BCUT2D eigenvalue weighted by Gasteiger charge is -2.32. The Kier molecular flexibility index (Phi) is 6.91. The van der Waals surface area contributed by atoms with E-state index in [0.717, 1.165) is 24.8 Å². The summed E-state index contributed by atoms with van der Waals surface area (Å²) in [6, 6.07) is 5.45. The predicted molar refractivity (Wildman–Crippen MR) is 83.9 cm³/mol. The summed E-state index contributed by atoms with van der Waals surface area (Å²) in [6.45, 7) is 8.26. The van der Waals surface area contributed by atoms with Gasteiger partial charge in [-0.25, -0.2) is 0 Å². The summed E-state index contributed by atoms with van der Waals surface area (Å²) in [4.78, 5) is 12.3. The van der Waals surface area contributed by atoms with E-state index in [1.54, 1.807) is 6.07 Å². The maximum absolute atomic E-state index is 12.3. The maximum Gasteiger partial charge on any atom is 0.252 e. The summed E-state index contributed by atoms with van der Waals surface area (Å²) in [5, 5.41) is 3.17. The predicted octanol–water partition coefficient (Wildman–Crippen LogP) is 3.70. The van der Waals surface area contributed by atoms with Crippen LogP contribution in [-0.4, -0.2) is 11.4 Å². The van der Waals surface area contributed by atoms with Gasteiger partial charge in [0.1, 0.15) is 0 Å². The van der Waals surface area contributed by atoms with Crippen molar-refractivity contribution in [1.82, 2.24) is 5.32 Å². The van der Waals surface area contributed by atoms with Crippen molar-refractivity contribution in [3.63, 3.8) is 0 Å².